The number of carbonyl (C=O) groups is 1. The second-order valence-corrected chi connectivity index (χ2v) is 11.4. The van der Waals surface area contributed by atoms with Crippen LogP contribution in [0.2, 0.25) is 10.0 Å². The standard InChI is InChI=1S/C26H23Cl2F2NO8S/c1-40(34,35)39-23-9-16(4-6-20(23)32)25(33)37-22(10-17-18(27)11-31-12-19(17)28)15-5-7-21(38-26(29)30)24(8-15)36-13-14-2-3-14/h4-9,11-12,14,22,26,32H,2-3,10,13H2,1H3/p+1/t22-/m0/s1. The molecule has 1 atom stereocenters. The molecule has 4 rings (SSSR count). The van der Waals surface area contributed by atoms with Gasteiger partial charge >= 0.3 is 22.7 Å². The van der Waals surface area contributed by atoms with Crippen molar-refractivity contribution in [3.05, 3.63) is 75.5 Å². The highest BCUT2D eigenvalue weighted by atomic mass is 35.5. The number of pyridine rings is 1. The van der Waals surface area contributed by atoms with Gasteiger partial charge in [-0.2, -0.15) is 17.2 Å². The average molecular weight is 619 g/mol. The summed E-state index contributed by atoms with van der Waals surface area (Å²) in [6.45, 7) is -2.78. The summed E-state index contributed by atoms with van der Waals surface area (Å²) in [5.41, 5.74) is 0.648. The van der Waals surface area contributed by atoms with Crippen molar-refractivity contribution in [1.82, 2.24) is 0 Å². The topological polar surface area (TPSA) is 123 Å². The summed E-state index contributed by atoms with van der Waals surface area (Å²) < 4.78 is 70.0. The van der Waals surface area contributed by atoms with E-state index in [4.69, 9.17) is 36.9 Å². The van der Waals surface area contributed by atoms with Crippen LogP contribution in [0.25, 0.3) is 0 Å². The first-order valence-electron chi connectivity index (χ1n) is 11.9. The van der Waals surface area contributed by atoms with Crippen LogP contribution in [-0.2, 0) is 21.3 Å². The van der Waals surface area contributed by atoms with Crippen LogP contribution >= 0.6 is 23.2 Å². The number of rotatable bonds is 12. The molecule has 0 amide bonds. The van der Waals surface area contributed by atoms with Crippen LogP contribution in [0.1, 0.15) is 40.4 Å². The SMILES string of the molecule is CS(=O)(=O)Oc1cc(C(=O)O[C@@H](Cc2c(Cl)c[nH+]cc2Cl)c2ccc(OC(F)F)c(OCC3CC3)c2)ccc1O. The van der Waals surface area contributed by atoms with Gasteiger partial charge in [0.2, 0.25) is 0 Å². The quantitative estimate of drug-likeness (QED) is 0.212. The molecule has 40 heavy (non-hydrogen) atoms. The van der Waals surface area contributed by atoms with Gasteiger partial charge in [-0.05, 0) is 48.6 Å². The van der Waals surface area contributed by atoms with Gasteiger partial charge in [0, 0.05) is 18.1 Å². The molecule has 9 nitrogen and oxygen atoms in total. The Bertz CT molecular complexity index is 1480. The van der Waals surface area contributed by atoms with Crippen LogP contribution in [0, 0.1) is 5.92 Å². The van der Waals surface area contributed by atoms with Gasteiger partial charge in [-0.3, -0.25) is 0 Å². The number of nitrogens with one attached hydrogen (secondary N) is 1. The van der Waals surface area contributed by atoms with Crippen molar-refractivity contribution in [2.45, 2.75) is 32.0 Å². The second kappa shape index (κ2) is 12.4. The summed E-state index contributed by atoms with van der Waals surface area (Å²) in [5, 5.41) is 10.5. The van der Waals surface area contributed by atoms with Crippen LogP contribution in [0.4, 0.5) is 8.78 Å². The molecular formula is C26H24Cl2F2NO8S+. The molecule has 0 saturated heterocycles. The number of aromatic hydroxyl groups is 1. The molecule has 2 N–H and O–H groups in total. The van der Waals surface area contributed by atoms with E-state index in [2.05, 4.69) is 9.72 Å². The van der Waals surface area contributed by atoms with Crippen molar-refractivity contribution in [3.8, 4) is 23.0 Å². The smallest absolute Gasteiger partial charge is 0.387 e. The van der Waals surface area contributed by atoms with Gasteiger partial charge < -0.3 is 23.5 Å². The maximum Gasteiger partial charge on any atom is 0.387 e. The van der Waals surface area contributed by atoms with Crippen LogP contribution in [-0.4, -0.2) is 39.0 Å². The minimum atomic E-state index is -4.01. The molecule has 0 radical (unpaired) electrons. The van der Waals surface area contributed by atoms with E-state index in [-0.39, 0.29) is 33.5 Å². The van der Waals surface area contributed by atoms with Gasteiger partial charge in [0.15, 0.2) is 35.4 Å². The minimum absolute atomic E-state index is 0.0278. The number of esters is 1. The number of aromatic nitrogens is 1. The number of phenols is 1. The van der Waals surface area contributed by atoms with Crippen LogP contribution < -0.4 is 18.6 Å². The van der Waals surface area contributed by atoms with E-state index in [1.165, 1.54) is 36.7 Å². The molecule has 14 heteroatoms. The maximum atomic E-state index is 13.2. The largest absolute Gasteiger partial charge is 0.504 e. The Hall–Kier alpha value is -3.35. The Kier molecular flexibility index (Phi) is 9.22. The van der Waals surface area contributed by atoms with Crippen LogP contribution in [0.3, 0.4) is 0 Å². The molecule has 0 bridgehead atoms. The highest BCUT2D eigenvalue weighted by molar-refractivity contribution is 7.86. The molecule has 214 valence electrons. The number of carbonyl (C=O) groups excluding carboxylic acids is 1. The number of hydrogen-bond donors (Lipinski definition) is 1. The molecule has 1 aliphatic rings. The minimum Gasteiger partial charge on any atom is -0.504 e. The fourth-order valence-electron chi connectivity index (χ4n) is 3.68. The summed E-state index contributed by atoms with van der Waals surface area (Å²) in [7, 11) is -4.01. The molecule has 1 aromatic heterocycles. The lowest BCUT2D eigenvalue weighted by Gasteiger charge is -2.21. The first-order valence-corrected chi connectivity index (χ1v) is 14.5. The summed E-state index contributed by atoms with van der Waals surface area (Å²) in [5.74, 6) is -1.72. The Labute approximate surface area is 238 Å². The van der Waals surface area contributed by atoms with Crippen LogP contribution in [0.5, 0.6) is 23.0 Å². The molecule has 1 heterocycles. The molecule has 0 unspecified atom stereocenters. The molecule has 0 spiro atoms. The van der Waals surface area contributed by atoms with Crippen molar-refractivity contribution >= 4 is 39.3 Å². The monoisotopic (exact) mass is 618 g/mol. The van der Waals surface area contributed by atoms with E-state index in [9.17, 15) is 27.1 Å². The first kappa shape index (κ1) is 29.6. The average Bonchev–Trinajstić information content (AvgIpc) is 3.70. The van der Waals surface area contributed by atoms with E-state index in [0.717, 1.165) is 31.2 Å². The maximum absolute atomic E-state index is 13.2. The zero-order valence-electron chi connectivity index (χ0n) is 20.9. The molecule has 1 aliphatic carbocycles. The third kappa shape index (κ3) is 8.09. The third-order valence-corrected chi connectivity index (χ3v) is 6.96. The number of phenolic OH excluding ortho intramolecular Hbond substituents is 1. The molecular weight excluding hydrogens is 595 g/mol. The summed E-state index contributed by atoms with van der Waals surface area (Å²) in [4.78, 5) is 16.0. The summed E-state index contributed by atoms with van der Waals surface area (Å²) in [6.07, 6.45) is 4.58. The molecule has 1 fully saturated rings. The predicted octanol–water partition coefficient (Wildman–Crippen LogP) is 5.38. The lowest BCUT2D eigenvalue weighted by molar-refractivity contribution is -0.377. The van der Waals surface area contributed by atoms with Crippen LogP contribution in [0.15, 0.2) is 48.8 Å². The fraction of sp³-hybridized carbons (Fsp3) is 0.308. The first-order chi connectivity index (χ1) is 18.9. The molecule has 3 aromatic rings. The van der Waals surface area contributed by atoms with Crippen molar-refractivity contribution < 1.29 is 50.5 Å². The molecule has 2 aromatic carbocycles. The van der Waals surface area contributed by atoms with Gasteiger partial charge in [0.1, 0.15) is 16.1 Å². The number of benzene rings is 2. The summed E-state index contributed by atoms with van der Waals surface area (Å²) in [6, 6.07) is 7.45. The Morgan fingerprint density at radius 3 is 2.40 bits per heavy atom. The van der Waals surface area contributed by atoms with Crippen molar-refractivity contribution in [2.24, 2.45) is 5.92 Å². The van der Waals surface area contributed by atoms with Crippen molar-refractivity contribution in [2.75, 3.05) is 12.9 Å². The zero-order valence-corrected chi connectivity index (χ0v) is 23.2. The number of halogens is 4. The summed E-state index contributed by atoms with van der Waals surface area (Å²) >= 11 is 12.7. The lowest BCUT2D eigenvalue weighted by atomic mass is 10.0. The highest BCUT2D eigenvalue weighted by Crippen LogP contribution is 2.38. The van der Waals surface area contributed by atoms with E-state index in [0.29, 0.717) is 23.7 Å². The fourth-order valence-corrected chi connectivity index (χ4v) is 4.67. The number of alkyl halides is 2. The van der Waals surface area contributed by atoms with Gasteiger partial charge in [0.25, 0.3) is 0 Å². The third-order valence-electron chi connectivity index (χ3n) is 5.80. The van der Waals surface area contributed by atoms with E-state index in [1.54, 1.807) is 0 Å². The van der Waals surface area contributed by atoms with Crippen molar-refractivity contribution in [1.29, 1.82) is 0 Å². The van der Waals surface area contributed by atoms with Crippen molar-refractivity contribution in [3.63, 3.8) is 0 Å². The highest BCUT2D eigenvalue weighted by Gasteiger charge is 2.27. The van der Waals surface area contributed by atoms with Gasteiger partial charge in [-0.15, -0.1) is 0 Å². The van der Waals surface area contributed by atoms with Gasteiger partial charge in [0.05, 0.1) is 18.4 Å². The predicted molar refractivity (Wildman–Crippen MR) is 140 cm³/mol. The zero-order chi connectivity index (χ0) is 29.0. The number of H-pyrrole nitrogens is 1. The van der Waals surface area contributed by atoms with Gasteiger partial charge in [-0.1, -0.05) is 29.3 Å². The van der Waals surface area contributed by atoms with Gasteiger partial charge in [-0.25, -0.2) is 9.78 Å². The number of ether oxygens (including phenoxy) is 3. The number of aromatic amines is 1. The van der Waals surface area contributed by atoms with E-state index in [1.807, 2.05) is 0 Å². The van der Waals surface area contributed by atoms with E-state index < -0.39 is 40.3 Å². The number of hydrogen-bond acceptors (Lipinski definition) is 8. The Morgan fingerprint density at radius 2 is 1.77 bits per heavy atom. The molecule has 1 saturated carbocycles. The lowest BCUT2D eigenvalue weighted by Crippen LogP contribution is -2.16. The van der Waals surface area contributed by atoms with E-state index >= 15 is 0 Å². The molecule has 0 aliphatic heterocycles. The normalized spacial score (nSPS) is 14.1. The second-order valence-electron chi connectivity index (χ2n) is 9.04. The Morgan fingerprint density at radius 1 is 1.07 bits per heavy atom. The Balaban J connectivity index is 1.69.